The molecule has 25 heavy (non-hydrogen) atoms. The van der Waals surface area contributed by atoms with E-state index < -0.39 is 0 Å². The van der Waals surface area contributed by atoms with Crippen LogP contribution in [0, 0.1) is 6.92 Å². The van der Waals surface area contributed by atoms with Crippen LogP contribution in [0.5, 0.6) is 0 Å². The van der Waals surface area contributed by atoms with Crippen LogP contribution in [0.25, 0.3) is 5.69 Å². The summed E-state index contributed by atoms with van der Waals surface area (Å²) in [6.07, 6.45) is 2.77. The summed E-state index contributed by atoms with van der Waals surface area (Å²) in [4.78, 5) is 22.7. The number of benzene rings is 1. The van der Waals surface area contributed by atoms with E-state index in [0.717, 1.165) is 47.6 Å². The zero-order valence-electron chi connectivity index (χ0n) is 13.8. The number of aliphatic imine (C=N–C) groups is 2. The average molecular weight is 354 g/mol. The predicted molar refractivity (Wildman–Crippen MR) is 99.8 cm³/mol. The van der Waals surface area contributed by atoms with Crippen molar-refractivity contribution in [3.05, 3.63) is 41.6 Å². The first kappa shape index (κ1) is 15.9. The van der Waals surface area contributed by atoms with E-state index in [1.54, 1.807) is 0 Å². The molecule has 0 saturated carbocycles. The van der Waals surface area contributed by atoms with Crippen LogP contribution in [0.15, 0.2) is 40.4 Å². The van der Waals surface area contributed by atoms with Gasteiger partial charge in [0.2, 0.25) is 5.91 Å². The zero-order valence-corrected chi connectivity index (χ0v) is 14.7. The molecule has 8 heteroatoms. The predicted octanol–water partition coefficient (Wildman–Crippen LogP) is 1.85. The first-order valence-electron chi connectivity index (χ1n) is 8.11. The lowest BCUT2D eigenvalue weighted by Crippen LogP contribution is -2.42. The van der Waals surface area contributed by atoms with Crippen molar-refractivity contribution >= 4 is 34.5 Å². The number of nitrogens with two attached hydrogens (primary N) is 1. The maximum absolute atomic E-state index is 11.2. The zero-order chi connectivity index (χ0) is 17.4. The molecule has 0 saturated heterocycles. The highest BCUT2D eigenvalue weighted by molar-refractivity contribution is 8.14. The molecule has 0 bridgehead atoms. The summed E-state index contributed by atoms with van der Waals surface area (Å²) in [7, 11) is 0. The summed E-state index contributed by atoms with van der Waals surface area (Å²) in [6.45, 7) is 3.67. The van der Waals surface area contributed by atoms with E-state index in [9.17, 15) is 4.79 Å². The highest BCUT2D eigenvalue weighted by atomic mass is 32.2. The van der Waals surface area contributed by atoms with E-state index in [-0.39, 0.29) is 11.7 Å². The van der Waals surface area contributed by atoms with E-state index >= 15 is 0 Å². The molecule has 3 heterocycles. The molecule has 0 unspecified atom stereocenters. The number of amides is 1. The van der Waals surface area contributed by atoms with Crippen LogP contribution in [0.2, 0.25) is 0 Å². The van der Waals surface area contributed by atoms with Gasteiger partial charge in [-0.3, -0.25) is 9.79 Å². The van der Waals surface area contributed by atoms with E-state index in [1.165, 1.54) is 17.3 Å². The van der Waals surface area contributed by atoms with Crippen molar-refractivity contribution in [1.29, 1.82) is 0 Å². The Kier molecular flexibility index (Phi) is 4.04. The molecule has 1 amide bonds. The van der Waals surface area contributed by atoms with Crippen molar-refractivity contribution < 1.29 is 4.79 Å². The lowest BCUT2D eigenvalue weighted by molar-refractivity contribution is -0.115. The monoisotopic (exact) mass is 354 g/mol. The number of amidine groups is 2. The van der Waals surface area contributed by atoms with Gasteiger partial charge in [0.25, 0.3) is 0 Å². The molecule has 7 nitrogen and oxygen atoms in total. The summed E-state index contributed by atoms with van der Waals surface area (Å²) in [6, 6.07) is 8.12. The largest absolute Gasteiger partial charge is 0.369 e. The molecule has 2 N–H and O–H groups in total. The second-order valence-corrected chi connectivity index (χ2v) is 6.93. The molecule has 128 valence electrons. The summed E-state index contributed by atoms with van der Waals surface area (Å²) in [5.74, 6) is 1.45. The van der Waals surface area contributed by atoms with E-state index in [0.29, 0.717) is 0 Å². The normalized spacial score (nSPS) is 16.0. The van der Waals surface area contributed by atoms with Gasteiger partial charge in [-0.2, -0.15) is 5.10 Å². The van der Waals surface area contributed by atoms with Gasteiger partial charge in [-0.25, -0.2) is 9.67 Å². The van der Waals surface area contributed by atoms with Crippen LogP contribution in [0.4, 0.5) is 5.82 Å². The Bertz CT molecular complexity index is 883. The number of carbonyl (C=O) groups excluding carboxylic acids is 1. The van der Waals surface area contributed by atoms with Gasteiger partial charge in [0.1, 0.15) is 5.84 Å². The summed E-state index contributed by atoms with van der Waals surface area (Å²) in [5, 5.41) is 5.27. The number of hydrogen-bond donors (Lipinski definition) is 1. The smallest absolute Gasteiger partial charge is 0.227 e. The van der Waals surface area contributed by atoms with Gasteiger partial charge in [-0.15, -0.1) is 0 Å². The van der Waals surface area contributed by atoms with Crippen molar-refractivity contribution in [3.8, 4) is 5.69 Å². The Morgan fingerprint density at radius 3 is 2.88 bits per heavy atom. The molecule has 0 atom stereocenters. The maximum atomic E-state index is 11.2. The molecule has 0 radical (unpaired) electrons. The van der Waals surface area contributed by atoms with Crippen molar-refractivity contribution in [2.45, 2.75) is 13.3 Å². The van der Waals surface area contributed by atoms with E-state index in [1.807, 2.05) is 42.1 Å². The number of aryl methyl sites for hydroxylation is 1. The lowest BCUT2D eigenvalue weighted by atomic mass is 10.2. The quantitative estimate of drug-likeness (QED) is 0.911. The van der Waals surface area contributed by atoms with Gasteiger partial charge < -0.3 is 10.6 Å². The third-order valence-corrected chi connectivity index (χ3v) is 5.10. The minimum atomic E-state index is -0.360. The first-order valence-corrected chi connectivity index (χ1v) is 9.09. The number of primary amides is 1. The number of rotatable bonds is 3. The van der Waals surface area contributed by atoms with Gasteiger partial charge in [0, 0.05) is 13.1 Å². The van der Waals surface area contributed by atoms with Crippen LogP contribution in [-0.4, -0.2) is 50.4 Å². The van der Waals surface area contributed by atoms with Crippen molar-refractivity contribution in [2.24, 2.45) is 15.7 Å². The molecule has 0 aliphatic carbocycles. The minimum Gasteiger partial charge on any atom is -0.369 e. The number of hydrogen-bond acceptors (Lipinski definition) is 6. The second kappa shape index (κ2) is 6.36. The Balaban J connectivity index is 1.80. The molecule has 1 aromatic heterocycles. The van der Waals surface area contributed by atoms with E-state index in [2.05, 4.69) is 15.0 Å². The SMILES string of the molecule is Cc1ccc(-n2ncc3c2N=C(SCC(N)=O)N2CCCN=C32)cc1. The molecule has 4 rings (SSSR count). The van der Waals surface area contributed by atoms with Crippen molar-refractivity contribution in [3.63, 3.8) is 0 Å². The van der Waals surface area contributed by atoms with Crippen LogP contribution in [-0.2, 0) is 4.79 Å². The summed E-state index contributed by atoms with van der Waals surface area (Å²) < 4.78 is 1.81. The Morgan fingerprint density at radius 1 is 1.32 bits per heavy atom. The van der Waals surface area contributed by atoms with Gasteiger partial charge in [-0.1, -0.05) is 29.5 Å². The Labute approximate surface area is 149 Å². The Hall–Kier alpha value is -2.61. The number of thioether (sulfide) groups is 1. The number of nitrogens with zero attached hydrogens (tertiary/aromatic N) is 5. The van der Waals surface area contributed by atoms with Gasteiger partial charge in [0.05, 0.1) is 23.2 Å². The standard InChI is InChI=1S/C17H18N6OS/c1-11-3-5-12(6-4-11)23-16-13(9-20-23)15-19-7-2-8-22(15)17(21-16)25-10-14(18)24/h3-6,9H,2,7-8,10H2,1H3,(H2,18,24). The third kappa shape index (κ3) is 2.93. The summed E-state index contributed by atoms with van der Waals surface area (Å²) >= 11 is 1.34. The number of fused-ring (bicyclic) bond motifs is 3. The van der Waals surface area contributed by atoms with Crippen LogP contribution < -0.4 is 5.73 Å². The van der Waals surface area contributed by atoms with Gasteiger partial charge >= 0.3 is 0 Å². The van der Waals surface area contributed by atoms with Crippen molar-refractivity contribution in [2.75, 3.05) is 18.8 Å². The van der Waals surface area contributed by atoms with Gasteiger partial charge in [-0.05, 0) is 25.5 Å². The molecule has 0 fully saturated rings. The molecule has 2 aromatic rings. The van der Waals surface area contributed by atoms with Gasteiger partial charge in [0.15, 0.2) is 11.0 Å². The Morgan fingerprint density at radius 2 is 2.12 bits per heavy atom. The minimum absolute atomic E-state index is 0.191. The fraction of sp³-hybridized carbons (Fsp3) is 0.294. The highest BCUT2D eigenvalue weighted by Crippen LogP contribution is 2.33. The van der Waals surface area contributed by atoms with E-state index in [4.69, 9.17) is 10.7 Å². The van der Waals surface area contributed by atoms with Crippen LogP contribution in [0.3, 0.4) is 0 Å². The van der Waals surface area contributed by atoms with Crippen LogP contribution >= 0.6 is 11.8 Å². The topological polar surface area (TPSA) is 88.9 Å². The van der Waals surface area contributed by atoms with Crippen LogP contribution in [0.1, 0.15) is 17.5 Å². The molecular formula is C17H18N6OS. The number of aromatic nitrogens is 2. The maximum Gasteiger partial charge on any atom is 0.227 e. The molecule has 1 aromatic carbocycles. The highest BCUT2D eigenvalue weighted by Gasteiger charge is 2.31. The number of carbonyl (C=O) groups is 1. The first-order chi connectivity index (χ1) is 12.1. The summed E-state index contributed by atoms with van der Waals surface area (Å²) in [5.41, 5.74) is 8.36. The fourth-order valence-electron chi connectivity index (χ4n) is 2.90. The average Bonchev–Trinajstić information content (AvgIpc) is 3.04. The molecule has 2 aliphatic heterocycles. The molecular weight excluding hydrogens is 336 g/mol. The lowest BCUT2D eigenvalue weighted by Gasteiger charge is -2.32. The molecule has 2 aliphatic rings. The fourth-order valence-corrected chi connectivity index (χ4v) is 3.66. The third-order valence-electron chi connectivity index (χ3n) is 4.10. The second-order valence-electron chi connectivity index (χ2n) is 5.99. The van der Waals surface area contributed by atoms with Crippen molar-refractivity contribution in [1.82, 2.24) is 14.7 Å². The molecule has 0 spiro atoms.